The molecule has 0 spiro atoms. The van der Waals surface area contributed by atoms with Gasteiger partial charge >= 0.3 is 0 Å². The molecule has 4 heteroatoms. The largest absolute Gasteiger partial charge is 0.411 e. The molecule has 0 saturated carbocycles. The predicted molar refractivity (Wildman–Crippen MR) is 100.0 cm³/mol. The van der Waals surface area contributed by atoms with Crippen LogP contribution in [0.4, 0.5) is 4.39 Å². The minimum absolute atomic E-state index is 0.259. The minimum atomic E-state index is -0.259. The highest BCUT2D eigenvalue weighted by atomic mass is 32.2. The van der Waals surface area contributed by atoms with Gasteiger partial charge in [0.1, 0.15) is 5.82 Å². The van der Waals surface area contributed by atoms with Crippen LogP contribution in [0, 0.1) is 5.82 Å². The highest BCUT2D eigenvalue weighted by molar-refractivity contribution is 7.98. The molecule has 1 N–H and O–H groups in total. The van der Waals surface area contributed by atoms with Crippen molar-refractivity contribution in [1.29, 1.82) is 0 Å². The van der Waals surface area contributed by atoms with Gasteiger partial charge in [0.25, 0.3) is 0 Å². The second-order valence-electron chi connectivity index (χ2n) is 5.63. The van der Waals surface area contributed by atoms with E-state index in [1.165, 1.54) is 17.2 Å². The quantitative estimate of drug-likeness (QED) is 0.334. The first-order chi connectivity index (χ1) is 11.6. The zero-order valence-electron chi connectivity index (χ0n) is 13.6. The van der Waals surface area contributed by atoms with Gasteiger partial charge in [0.15, 0.2) is 0 Å². The van der Waals surface area contributed by atoms with E-state index in [1.54, 1.807) is 17.8 Å². The van der Waals surface area contributed by atoms with Crippen molar-refractivity contribution in [1.82, 2.24) is 0 Å². The number of hydrogen-bond acceptors (Lipinski definition) is 3. The number of benzene rings is 2. The van der Waals surface area contributed by atoms with E-state index in [9.17, 15) is 4.39 Å². The summed E-state index contributed by atoms with van der Waals surface area (Å²) in [5, 5.41) is 11.8. The van der Waals surface area contributed by atoms with Crippen molar-refractivity contribution in [2.45, 2.75) is 18.2 Å². The van der Waals surface area contributed by atoms with E-state index in [2.05, 4.69) is 41.8 Å². The highest BCUT2D eigenvalue weighted by Gasteiger charge is 2.23. The van der Waals surface area contributed by atoms with Crippen LogP contribution in [0.25, 0.3) is 17.2 Å². The first kappa shape index (κ1) is 16.5. The van der Waals surface area contributed by atoms with Crippen LogP contribution in [0.5, 0.6) is 0 Å². The van der Waals surface area contributed by atoms with Gasteiger partial charge in [0.05, 0.1) is 0 Å². The van der Waals surface area contributed by atoms with Crippen molar-refractivity contribution < 1.29 is 9.60 Å². The van der Waals surface area contributed by atoms with Crippen molar-refractivity contribution in [3.8, 4) is 0 Å². The summed E-state index contributed by atoms with van der Waals surface area (Å²) < 4.78 is 13.7. The van der Waals surface area contributed by atoms with Crippen LogP contribution in [0.1, 0.15) is 30.0 Å². The van der Waals surface area contributed by atoms with E-state index >= 15 is 0 Å². The Kier molecular flexibility index (Phi) is 4.86. The number of hydrogen-bond donors (Lipinski definition) is 1. The Bertz CT molecular complexity index is 850. The van der Waals surface area contributed by atoms with E-state index in [4.69, 9.17) is 5.21 Å². The summed E-state index contributed by atoms with van der Waals surface area (Å²) >= 11 is 1.71. The molecule has 1 aliphatic rings. The summed E-state index contributed by atoms with van der Waals surface area (Å²) in [5.41, 5.74) is 6.17. The van der Waals surface area contributed by atoms with Gasteiger partial charge in [-0.1, -0.05) is 18.2 Å². The van der Waals surface area contributed by atoms with Crippen molar-refractivity contribution in [3.05, 3.63) is 70.5 Å². The molecular weight excluding hydrogens is 321 g/mol. The van der Waals surface area contributed by atoms with Crippen LogP contribution < -0.4 is 0 Å². The maximum atomic E-state index is 13.7. The fourth-order valence-electron chi connectivity index (χ4n) is 3.02. The van der Waals surface area contributed by atoms with Crippen LogP contribution in [0.2, 0.25) is 0 Å². The lowest BCUT2D eigenvalue weighted by Crippen LogP contribution is -1.88. The minimum Gasteiger partial charge on any atom is -0.411 e. The third kappa shape index (κ3) is 3.15. The molecule has 2 aromatic rings. The van der Waals surface area contributed by atoms with Gasteiger partial charge in [0.2, 0.25) is 0 Å². The summed E-state index contributed by atoms with van der Waals surface area (Å²) in [6.07, 6.45) is 6.08. The predicted octanol–water partition coefficient (Wildman–Crippen LogP) is 5.73. The number of oxime groups is 1. The van der Waals surface area contributed by atoms with Gasteiger partial charge in [-0.15, -0.1) is 16.9 Å². The standard InChI is InChI=1S/C20H18FNOS/c1-13-17(9-10-22-23)20-12-15(21)5-8-18(20)19(13)11-14-3-6-16(24-2)7-4-14/h3-8,10-12,23H,9H2,1-2H3/b19-11-,22-10?. The Morgan fingerprint density at radius 1 is 1.12 bits per heavy atom. The number of fused-ring (bicyclic) bond motifs is 1. The molecule has 3 rings (SSSR count). The second kappa shape index (κ2) is 7.05. The van der Waals surface area contributed by atoms with Crippen molar-refractivity contribution in [2.75, 3.05) is 6.26 Å². The van der Waals surface area contributed by atoms with Crippen LogP contribution in [0.15, 0.2) is 58.1 Å². The number of nitrogens with zero attached hydrogens (tertiary/aromatic N) is 1. The molecule has 0 aliphatic heterocycles. The molecule has 0 bridgehead atoms. The molecule has 2 aromatic carbocycles. The van der Waals surface area contributed by atoms with Crippen molar-refractivity contribution in [3.63, 3.8) is 0 Å². The number of thioether (sulfide) groups is 1. The first-order valence-electron chi connectivity index (χ1n) is 7.66. The molecule has 1 aliphatic carbocycles. The fourth-order valence-corrected chi connectivity index (χ4v) is 3.42. The molecule has 0 aromatic heterocycles. The zero-order valence-corrected chi connectivity index (χ0v) is 14.4. The topological polar surface area (TPSA) is 32.6 Å². The van der Waals surface area contributed by atoms with Crippen LogP contribution in [0.3, 0.4) is 0 Å². The fraction of sp³-hybridized carbons (Fsp3) is 0.150. The Hall–Kier alpha value is -2.33. The molecule has 0 radical (unpaired) electrons. The smallest absolute Gasteiger partial charge is 0.123 e. The average Bonchev–Trinajstić information content (AvgIpc) is 2.85. The molecule has 2 nitrogen and oxygen atoms in total. The monoisotopic (exact) mass is 339 g/mol. The Morgan fingerprint density at radius 2 is 1.88 bits per heavy atom. The van der Waals surface area contributed by atoms with Gasteiger partial charge in [-0.05, 0) is 76.9 Å². The zero-order chi connectivity index (χ0) is 17.1. The van der Waals surface area contributed by atoms with Gasteiger partial charge in [-0.2, -0.15) is 0 Å². The molecule has 0 fully saturated rings. The normalized spacial score (nSPS) is 15.5. The molecule has 0 heterocycles. The SMILES string of the molecule is CSc1ccc(/C=C2/C(C)=C(CC=NO)c3cc(F)ccc32)cc1. The summed E-state index contributed by atoms with van der Waals surface area (Å²) in [6, 6.07) is 13.2. The molecule has 24 heavy (non-hydrogen) atoms. The maximum Gasteiger partial charge on any atom is 0.123 e. The number of halogens is 1. The Labute approximate surface area is 145 Å². The molecule has 0 unspecified atom stereocenters. The lowest BCUT2D eigenvalue weighted by atomic mass is 10.0. The third-order valence-corrected chi connectivity index (χ3v) is 5.00. The Balaban J connectivity index is 2.09. The van der Waals surface area contributed by atoms with Crippen LogP contribution in [-0.4, -0.2) is 17.7 Å². The lowest BCUT2D eigenvalue weighted by Gasteiger charge is -2.05. The second-order valence-corrected chi connectivity index (χ2v) is 6.51. The third-order valence-electron chi connectivity index (χ3n) is 4.26. The molecule has 0 atom stereocenters. The van der Waals surface area contributed by atoms with E-state index in [-0.39, 0.29) is 5.82 Å². The average molecular weight is 339 g/mol. The van der Waals surface area contributed by atoms with E-state index < -0.39 is 0 Å². The molecule has 0 amide bonds. The highest BCUT2D eigenvalue weighted by Crippen LogP contribution is 2.43. The van der Waals surface area contributed by atoms with Crippen molar-refractivity contribution >= 4 is 35.2 Å². The molecular formula is C20H18FNOS. The summed E-state index contributed by atoms with van der Waals surface area (Å²) in [6.45, 7) is 2.03. The Morgan fingerprint density at radius 3 is 2.54 bits per heavy atom. The lowest BCUT2D eigenvalue weighted by molar-refractivity contribution is 0.321. The summed E-state index contributed by atoms with van der Waals surface area (Å²) in [4.78, 5) is 1.22. The van der Waals surface area contributed by atoms with Gasteiger partial charge < -0.3 is 5.21 Å². The van der Waals surface area contributed by atoms with Gasteiger partial charge in [-0.3, -0.25) is 0 Å². The van der Waals surface area contributed by atoms with E-state index in [1.807, 2.05) is 13.0 Å². The van der Waals surface area contributed by atoms with Gasteiger partial charge in [-0.25, -0.2) is 4.39 Å². The van der Waals surface area contributed by atoms with Crippen molar-refractivity contribution in [2.24, 2.45) is 5.16 Å². The maximum absolute atomic E-state index is 13.7. The van der Waals surface area contributed by atoms with Crippen LogP contribution >= 0.6 is 11.8 Å². The van der Waals surface area contributed by atoms with E-state index in [0.717, 1.165) is 33.4 Å². The first-order valence-corrected chi connectivity index (χ1v) is 8.88. The number of rotatable bonds is 4. The molecule has 0 saturated heterocycles. The van der Waals surface area contributed by atoms with E-state index in [0.29, 0.717) is 6.42 Å². The number of allylic oxidation sites excluding steroid dienone is 3. The summed E-state index contributed by atoms with van der Waals surface area (Å²) in [7, 11) is 0. The summed E-state index contributed by atoms with van der Waals surface area (Å²) in [5.74, 6) is -0.259. The molecule has 122 valence electrons. The van der Waals surface area contributed by atoms with Gasteiger partial charge in [0, 0.05) is 17.5 Å². The van der Waals surface area contributed by atoms with Crippen LogP contribution in [-0.2, 0) is 0 Å².